The average Bonchev–Trinajstić information content (AvgIpc) is 3.01. The van der Waals surface area contributed by atoms with Gasteiger partial charge in [-0.3, -0.25) is 9.59 Å². The van der Waals surface area contributed by atoms with Crippen LogP contribution in [0.4, 0.5) is 0 Å². The topological polar surface area (TPSA) is 76.1 Å². The number of Topliss-reactive ketones (excluding diaryl/α,β-unsaturated/α-hetero) is 1. The molecule has 1 amide bonds. The van der Waals surface area contributed by atoms with Crippen molar-refractivity contribution >= 4 is 17.4 Å². The molecular formula is C26H31NO5. The van der Waals surface area contributed by atoms with Crippen molar-refractivity contribution in [3.63, 3.8) is 0 Å². The number of benzene rings is 2. The quantitative estimate of drug-likeness (QED) is 0.413. The molecule has 1 heterocycles. The summed E-state index contributed by atoms with van der Waals surface area (Å²) in [7, 11) is 3.12. The fourth-order valence-electron chi connectivity index (χ4n) is 3.99. The van der Waals surface area contributed by atoms with Crippen LogP contribution in [0.15, 0.2) is 48.0 Å². The zero-order valence-corrected chi connectivity index (χ0v) is 19.6. The van der Waals surface area contributed by atoms with E-state index in [-0.39, 0.29) is 29.9 Å². The lowest BCUT2D eigenvalue weighted by Gasteiger charge is -2.26. The van der Waals surface area contributed by atoms with Gasteiger partial charge in [-0.1, -0.05) is 45.0 Å². The highest BCUT2D eigenvalue weighted by Gasteiger charge is 2.45. The van der Waals surface area contributed by atoms with Gasteiger partial charge in [-0.05, 0) is 47.2 Å². The van der Waals surface area contributed by atoms with Crippen molar-refractivity contribution < 1.29 is 24.2 Å². The molecule has 1 aliphatic rings. The summed E-state index contributed by atoms with van der Waals surface area (Å²) in [6.07, 6.45) is 0. The van der Waals surface area contributed by atoms with Gasteiger partial charge in [0.2, 0.25) is 0 Å². The van der Waals surface area contributed by atoms with E-state index in [1.165, 1.54) is 4.90 Å². The minimum absolute atomic E-state index is 0.0307. The van der Waals surface area contributed by atoms with Crippen LogP contribution in [0.3, 0.4) is 0 Å². The number of carbonyl (C=O) groups is 2. The predicted molar refractivity (Wildman–Crippen MR) is 124 cm³/mol. The Labute approximate surface area is 189 Å². The third-order valence-corrected chi connectivity index (χ3v) is 5.84. The zero-order valence-electron chi connectivity index (χ0n) is 19.6. The molecule has 1 N–H and O–H groups in total. The van der Waals surface area contributed by atoms with E-state index in [2.05, 4.69) is 20.8 Å². The van der Waals surface area contributed by atoms with Crippen molar-refractivity contribution in [1.29, 1.82) is 0 Å². The molecule has 0 saturated carbocycles. The molecule has 1 saturated heterocycles. The van der Waals surface area contributed by atoms with Crippen LogP contribution in [0.1, 0.15) is 49.1 Å². The van der Waals surface area contributed by atoms with Crippen LogP contribution in [0.5, 0.6) is 5.75 Å². The van der Waals surface area contributed by atoms with E-state index < -0.39 is 17.7 Å². The number of methoxy groups -OCH3 is 2. The van der Waals surface area contributed by atoms with Gasteiger partial charge < -0.3 is 19.5 Å². The van der Waals surface area contributed by atoms with Crippen LogP contribution in [0.2, 0.25) is 0 Å². The van der Waals surface area contributed by atoms with Gasteiger partial charge in [0.15, 0.2) is 0 Å². The van der Waals surface area contributed by atoms with Crippen molar-refractivity contribution in [2.45, 2.75) is 39.2 Å². The van der Waals surface area contributed by atoms with Gasteiger partial charge in [-0.15, -0.1) is 0 Å². The summed E-state index contributed by atoms with van der Waals surface area (Å²) >= 11 is 0. The van der Waals surface area contributed by atoms with E-state index in [1.807, 2.05) is 31.2 Å². The number of aliphatic hydroxyl groups excluding tert-OH is 1. The number of nitrogens with zero attached hydrogens (tertiary/aromatic N) is 1. The normalized spacial score (nSPS) is 18.3. The molecule has 0 spiro atoms. The number of aliphatic hydroxyl groups is 1. The molecule has 32 heavy (non-hydrogen) atoms. The largest absolute Gasteiger partial charge is 0.507 e. The summed E-state index contributed by atoms with van der Waals surface area (Å²) in [6.45, 7) is 8.75. The van der Waals surface area contributed by atoms with E-state index in [4.69, 9.17) is 9.47 Å². The molecule has 6 nitrogen and oxygen atoms in total. The van der Waals surface area contributed by atoms with Gasteiger partial charge in [0.1, 0.15) is 11.5 Å². The molecule has 2 aromatic carbocycles. The average molecular weight is 438 g/mol. The highest BCUT2D eigenvalue weighted by Crippen LogP contribution is 2.40. The summed E-state index contributed by atoms with van der Waals surface area (Å²) in [6, 6.07) is 12.3. The Hall–Kier alpha value is -3.12. The van der Waals surface area contributed by atoms with E-state index in [9.17, 15) is 14.7 Å². The summed E-state index contributed by atoms with van der Waals surface area (Å²) < 4.78 is 10.5. The second-order valence-corrected chi connectivity index (χ2v) is 9.04. The maximum Gasteiger partial charge on any atom is 0.295 e. The monoisotopic (exact) mass is 437 g/mol. The van der Waals surface area contributed by atoms with Gasteiger partial charge in [0.05, 0.1) is 25.3 Å². The molecule has 1 atom stereocenters. The molecule has 1 fully saturated rings. The maximum atomic E-state index is 13.0. The van der Waals surface area contributed by atoms with Gasteiger partial charge in [-0.25, -0.2) is 0 Å². The van der Waals surface area contributed by atoms with Crippen molar-refractivity contribution in [3.8, 4) is 5.75 Å². The summed E-state index contributed by atoms with van der Waals surface area (Å²) in [5.41, 5.74) is 3.23. The number of carbonyl (C=O) groups excluding carboxylic acids is 2. The first-order valence-electron chi connectivity index (χ1n) is 10.6. The highest BCUT2D eigenvalue weighted by atomic mass is 16.5. The van der Waals surface area contributed by atoms with Crippen LogP contribution >= 0.6 is 0 Å². The van der Waals surface area contributed by atoms with Crippen molar-refractivity contribution in [3.05, 3.63) is 70.3 Å². The predicted octanol–water partition coefficient (Wildman–Crippen LogP) is 4.37. The summed E-state index contributed by atoms with van der Waals surface area (Å²) in [5.74, 6) is -0.856. The molecule has 2 aromatic rings. The lowest BCUT2D eigenvalue weighted by Crippen LogP contribution is -2.32. The Bertz CT molecular complexity index is 1050. The highest BCUT2D eigenvalue weighted by molar-refractivity contribution is 6.46. The number of hydrogen-bond donors (Lipinski definition) is 1. The standard InChI is InChI=1S/C26H31NO5/c1-16-15-18(9-12-20(16)32-6)23(28)21-22(27(13-14-31-5)25(30)24(21)29)17-7-10-19(11-8-17)26(2,3)4/h7-12,15,22,28H,13-14H2,1-6H3/b23-21+/t22-/m0/s1. The number of ether oxygens (including phenoxy) is 2. The van der Waals surface area contributed by atoms with E-state index >= 15 is 0 Å². The Morgan fingerprint density at radius 2 is 1.72 bits per heavy atom. The molecule has 0 unspecified atom stereocenters. The minimum atomic E-state index is -0.697. The number of hydrogen-bond acceptors (Lipinski definition) is 5. The molecule has 0 bridgehead atoms. The fourth-order valence-corrected chi connectivity index (χ4v) is 3.99. The Morgan fingerprint density at radius 1 is 1.06 bits per heavy atom. The Morgan fingerprint density at radius 3 is 2.25 bits per heavy atom. The first-order chi connectivity index (χ1) is 15.1. The van der Waals surface area contributed by atoms with Gasteiger partial charge in [0.25, 0.3) is 11.7 Å². The van der Waals surface area contributed by atoms with Crippen molar-refractivity contribution in [2.24, 2.45) is 0 Å². The number of amides is 1. The lowest BCUT2D eigenvalue weighted by atomic mass is 9.85. The third-order valence-electron chi connectivity index (χ3n) is 5.84. The first-order valence-corrected chi connectivity index (χ1v) is 10.6. The van der Waals surface area contributed by atoms with Crippen LogP contribution < -0.4 is 4.74 Å². The molecular weight excluding hydrogens is 406 g/mol. The zero-order chi connectivity index (χ0) is 23.6. The van der Waals surface area contributed by atoms with Gasteiger partial charge in [0, 0.05) is 19.2 Å². The fraction of sp³-hybridized carbons (Fsp3) is 0.385. The summed E-state index contributed by atoms with van der Waals surface area (Å²) in [4.78, 5) is 27.4. The Kier molecular flexibility index (Phi) is 6.74. The van der Waals surface area contributed by atoms with Crippen LogP contribution in [-0.2, 0) is 19.7 Å². The molecule has 1 aliphatic heterocycles. The lowest BCUT2D eigenvalue weighted by molar-refractivity contribution is -0.140. The molecule has 0 radical (unpaired) electrons. The van der Waals surface area contributed by atoms with Crippen LogP contribution in [-0.4, -0.2) is 49.1 Å². The molecule has 0 aliphatic carbocycles. The van der Waals surface area contributed by atoms with Crippen molar-refractivity contribution in [1.82, 2.24) is 4.90 Å². The van der Waals surface area contributed by atoms with Crippen molar-refractivity contribution in [2.75, 3.05) is 27.4 Å². The number of ketones is 1. The maximum absolute atomic E-state index is 13.0. The summed E-state index contributed by atoms with van der Waals surface area (Å²) in [5, 5.41) is 11.2. The molecule has 6 heteroatoms. The molecule has 170 valence electrons. The third kappa shape index (κ3) is 4.41. The van der Waals surface area contributed by atoms with Crippen LogP contribution in [0, 0.1) is 6.92 Å². The van der Waals surface area contributed by atoms with E-state index in [0.29, 0.717) is 11.3 Å². The SMILES string of the molecule is COCCN1C(=O)C(=O)/C(=C(/O)c2ccc(OC)c(C)c2)[C@@H]1c1ccc(C(C)(C)C)cc1. The van der Waals surface area contributed by atoms with Gasteiger partial charge >= 0.3 is 0 Å². The van der Waals surface area contributed by atoms with Crippen LogP contribution in [0.25, 0.3) is 5.76 Å². The number of rotatable bonds is 6. The molecule has 3 rings (SSSR count). The number of likely N-dealkylation sites (tertiary alicyclic amines) is 1. The smallest absolute Gasteiger partial charge is 0.295 e. The van der Waals surface area contributed by atoms with E-state index in [1.54, 1.807) is 32.4 Å². The second-order valence-electron chi connectivity index (χ2n) is 9.04. The number of aryl methyl sites for hydroxylation is 1. The first kappa shape index (κ1) is 23.5. The minimum Gasteiger partial charge on any atom is -0.507 e. The second kappa shape index (κ2) is 9.17. The van der Waals surface area contributed by atoms with Gasteiger partial charge in [-0.2, -0.15) is 0 Å². The van der Waals surface area contributed by atoms with E-state index in [0.717, 1.165) is 16.7 Å². The Balaban J connectivity index is 2.15. The molecule has 0 aromatic heterocycles.